The SMILES string of the molecule is [C-]#[N+]C1(Nc2ccccc2CO)CCC1. The van der Waals surface area contributed by atoms with E-state index in [0.717, 1.165) is 30.5 Å². The van der Waals surface area contributed by atoms with E-state index in [4.69, 9.17) is 11.7 Å². The summed E-state index contributed by atoms with van der Waals surface area (Å²) in [6.45, 7) is 7.20. The van der Waals surface area contributed by atoms with Crippen LogP contribution >= 0.6 is 0 Å². The van der Waals surface area contributed by atoms with Crippen LogP contribution in [0.4, 0.5) is 5.69 Å². The molecule has 0 saturated heterocycles. The highest BCUT2D eigenvalue weighted by atomic mass is 16.3. The molecule has 0 atom stereocenters. The molecule has 0 amide bonds. The van der Waals surface area contributed by atoms with E-state index < -0.39 is 5.66 Å². The van der Waals surface area contributed by atoms with Crippen molar-refractivity contribution in [2.45, 2.75) is 31.5 Å². The van der Waals surface area contributed by atoms with Crippen LogP contribution < -0.4 is 5.32 Å². The lowest BCUT2D eigenvalue weighted by Crippen LogP contribution is -2.41. The van der Waals surface area contributed by atoms with Gasteiger partial charge < -0.3 is 10.4 Å². The molecule has 1 aromatic rings. The smallest absolute Gasteiger partial charge is 0.305 e. The number of hydrogen-bond acceptors (Lipinski definition) is 2. The number of rotatable bonds is 3. The van der Waals surface area contributed by atoms with Crippen LogP contribution in [0, 0.1) is 6.57 Å². The molecule has 0 bridgehead atoms. The van der Waals surface area contributed by atoms with Gasteiger partial charge in [-0.25, -0.2) is 6.57 Å². The molecule has 0 radical (unpaired) electrons. The van der Waals surface area contributed by atoms with Gasteiger partial charge in [-0.3, -0.25) is 4.85 Å². The topological polar surface area (TPSA) is 36.6 Å². The zero-order valence-corrected chi connectivity index (χ0v) is 8.53. The average molecular weight is 202 g/mol. The lowest BCUT2D eigenvalue weighted by atomic mass is 9.85. The van der Waals surface area contributed by atoms with Crippen LogP contribution in [-0.4, -0.2) is 10.8 Å². The first-order valence-corrected chi connectivity index (χ1v) is 5.15. The lowest BCUT2D eigenvalue weighted by Gasteiger charge is -2.32. The van der Waals surface area contributed by atoms with Crippen molar-refractivity contribution in [2.75, 3.05) is 5.32 Å². The third kappa shape index (κ3) is 1.81. The summed E-state index contributed by atoms with van der Waals surface area (Å²) in [6, 6.07) is 7.59. The standard InChI is InChI=1S/C12H14N2O/c1-13-12(7-4-8-12)14-11-6-3-2-5-10(11)9-15/h2-3,5-6,14-15H,4,7-9H2. The van der Waals surface area contributed by atoms with E-state index in [9.17, 15) is 0 Å². The van der Waals surface area contributed by atoms with Crippen molar-refractivity contribution < 1.29 is 5.11 Å². The van der Waals surface area contributed by atoms with E-state index in [0.29, 0.717) is 0 Å². The molecule has 1 aromatic carbocycles. The zero-order valence-electron chi connectivity index (χ0n) is 8.53. The van der Waals surface area contributed by atoms with Gasteiger partial charge in [0.2, 0.25) is 0 Å². The molecule has 1 aliphatic rings. The summed E-state index contributed by atoms with van der Waals surface area (Å²) in [7, 11) is 0. The predicted octanol–water partition coefficient (Wildman–Crippen LogP) is 2.39. The highest BCUT2D eigenvalue weighted by Gasteiger charge is 2.43. The molecule has 0 unspecified atom stereocenters. The Labute approximate surface area is 89.6 Å². The van der Waals surface area contributed by atoms with Crippen LogP contribution in [0.3, 0.4) is 0 Å². The minimum atomic E-state index is -0.411. The first-order valence-electron chi connectivity index (χ1n) is 5.15. The van der Waals surface area contributed by atoms with Crippen LogP contribution in [0.2, 0.25) is 0 Å². The maximum Gasteiger partial charge on any atom is 0.305 e. The predicted molar refractivity (Wildman–Crippen MR) is 59.2 cm³/mol. The molecule has 0 aromatic heterocycles. The fraction of sp³-hybridized carbons (Fsp3) is 0.417. The minimum absolute atomic E-state index is 0.0112. The number of aliphatic hydroxyl groups is 1. The molecule has 2 N–H and O–H groups in total. The molecule has 3 heteroatoms. The molecular weight excluding hydrogens is 188 g/mol. The molecule has 78 valence electrons. The summed E-state index contributed by atoms with van der Waals surface area (Å²) >= 11 is 0. The number of hydrogen-bond donors (Lipinski definition) is 2. The van der Waals surface area contributed by atoms with E-state index in [-0.39, 0.29) is 6.61 Å². The lowest BCUT2D eigenvalue weighted by molar-refractivity contribution is 0.281. The van der Waals surface area contributed by atoms with Crippen molar-refractivity contribution in [2.24, 2.45) is 0 Å². The second-order valence-corrected chi connectivity index (χ2v) is 3.94. The van der Waals surface area contributed by atoms with E-state index in [1.165, 1.54) is 0 Å². The Morgan fingerprint density at radius 2 is 2.13 bits per heavy atom. The number of nitrogens with one attached hydrogen (secondary N) is 1. The molecule has 0 spiro atoms. The Balaban J connectivity index is 2.20. The fourth-order valence-corrected chi connectivity index (χ4v) is 1.81. The summed E-state index contributed by atoms with van der Waals surface area (Å²) in [4.78, 5) is 3.65. The molecule has 15 heavy (non-hydrogen) atoms. The third-order valence-electron chi connectivity index (χ3n) is 2.95. The highest BCUT2D eigenvalue weighted by molar-refractivity contribution is 5.53. The van der Waals surface area contributed by atoms with Gasteiger partial charge in [-0.1, -0.05) is 18.2 Å². The summed E-state index contributed by atoms with van der Waals surface area (Å²) in [5.74, 6) is 0. The Hall–Kier alpha value is -1.53. The normalized spacial score (nSPS) is 17.6. The summed E-state index contributed by atoms with van der Waals surface area (Å²) in [5.41, 5.74) is 1.33. The number of para-hydroxylation sites is 1. The average Bonchev–Trinajstić information content (AvgIpc) is 2.24. The van der Waals surface area contributed by atoms with Crippen molar-refractivity contribution in [3.05, 3.63) is 41.2 Å². The van der Waals surface area contributed by atoms with Crippen molar-refractivity contribution in [3.8, 4) is 0 Å². The van der Waals surface area contributed by atoms with Crippen molar-refractivity contribution in [1.29, 1.82) is 0 Å². The van der Waals surface area contributed by atoms with Crippen LogP contribution in [0.15, 0.2) is 24.3 Å². The number of aliphatic hydroxyl groups excluding tert-OH is 1. The molecule has 0 aliphatic heterocycles. The van der Waals surface area contributed by atoms with E-state index in [1.54, 1.807) is 0 Å². The van der Waals surface area contributed by atoms with Gasteiger partial charge in [-0.05, 0) is 12.5 Å². The second-order valence-electron chi connectivity index (χ2n) is 3.94. The van der Waals surface area contributed by atoms with Gasteiger partial charge in [0.1, 0.15) is 0 Å². The molecule has 3 nitrogen and oxygen atoms in total. The Bertz CT molecular complexity index is 391. The van der Waals surface area contributed by atoms with Crippen LogP contribution in [0.25, 0.3) is 4.85 Å². The minimum Gasteiger partial charge on any atom is -0.392 e. The molecule has 2 rings (SSSR count). The zero-order chi connectivity index (χ0) is 10.7. The number of nitrogens with zero attached hydrogens (tertiary/aromatic N) is 1. The molecule has 1 fully saturated rings. The second kappa shape index (κ2) is 3.92. The Kier molecular flexibility index (Phi) is 2.61. The number of benzene rings is 1. The maximum atomic E-state index is 9.16. The Morgan fingerprint density at radius 3 is 2.67 bits per heavy atom. The first-order chi connectivity index (χ1) is 7.29. The van der Waals surface area contributed by atoms with Crippen LogP contribution in [0.1, 0.15) is 24.8 Å². The summed E-state index contributed by atoms with van der Waals surface area (Å²) < 4.78 is 0. The maximum absolute atomic E-state index is 9.16. The van der Waals surface area contributed by atoms with Crippen molar-refractivity contribution in [3.63, 3.8) is 0 Å². The van der Waals surface area contributed by atoms with Gasteiger partial charge >= 0.3 is 5.66 Å². The van der Waals surface area contributed by atoms with Gasteiger partial charge in [-0.2, -0.15) is 0 Å². The highest BCUT2D eigenvalue weighted by Crippen LogP contribution is 2.37. The van der Waals surface area contributed by atoms with Crippen LogP contribution in [0.5, 0.6) is 0 Å². The molecular formula is C12H14N2O. The monoisotopic (exact) mass is 202 g/mol. The molecule has 1 aliphatic carbocycles. The quantitative estimate of drug-likeness (QED) is 0.738. The molecule has 1 saturated carbocycles. The fourth-order valence-electron chi connectivity index (χ4n) is 1.81. The van der Waals surface area contributed by atoms with E-state index >= 15 is 0 Å². The number of anilines is 1. The first kappa shape index (κ1) is 10.0. The van der Waals surface area contributed by atoms with Gasteiger partial charge in [0, 0.05) is 24.1 Å². The van der Waals surface area contributed by atoms with Crippen molar-refractivity contribution >= 4 is 5.69 Å². The van der Waals surface area contributed by atoms with Gasteiger partial charge in [-0.15, -0.1) is 0 Å². The van der Waals surface area contributed by atoms with E-state index in [2.05, 4.69) is 10.2 Å². The van der Waals surface area contributed by atoms with Gasteiger partial charge in [0.15, 0.2) is 0 Å². The van der Waals surface area contributed by atoms with Gasteiger partial charge in [0.05, 0.1) is 6.61 Å². The van der Waals surface area contributed by atoms with Crippen molar-refractivity contribution in [1.82, 2.24) is 0 Å². The van der Waals surface area contributed by atoms with E-state index in [1.807, 2.05) is 24.3 Å². The largest absolute Gasteiger partial charge is 0.392 e. The third-order valence-corrected chi connectivity index (χ3v) is 2.95. The molecule has 0 heterocycles. The summed E-state index contributed by atoms with van der Waals surface area (Å²) in [6.07, 6.45) is 2.91. The Morgan fingerprint density at radius 1 is 1.40 bits per heavy atom. The van der Waals surface area contributed by atoms with Gasteiger partial charge in [0.25, 0.3) is 0 Å². The summed E-state index contributed by atoms with van der Waals surface area (Å²) in [5, 5.41) is 12.4. The van der Waals surface area contributed by atoms with Crippen LogP contribution in [-0.2, 0) is 6.61 Å².